The Kier molecular flexibility index (Phi) is 6.48. The molecule has 0 radical (unpaired) electrons. The fourth-order valence-electron chi connectivity index (χ4n) is 3.70. The van der Waals surface area contributed by atoms with Crippen LogP contribution in [0.15, 0.2) is 53.8 Å². The first-order valence-electron chi connectivity index (χ1n) is 10.4. The van der Waals surface area contributed by atoms with Crippen LogP contribution in [-0.4, -0.2) is 37.6 Å². The molecule has 7 nitrogen and oxygen atoms in total. The van der Waals surface area contributed by atoms with Gasteiger partial charge in [-0.15, -0.1) is 0 Å². The van der Waals surface area contributed by atoms with Gasteiger partial charge >= 0.3 is 0 Å². The van der Waals surface area contributed by atoms with Gasteiger partial charge in [-0.25, -0.2) is 0 Å². The van der Waals surface area contributed by atoms with Gasteiger partial charge in [-0.1, -0.05) is 26.8 Å². The summed E-state index contributed by atoms with van der Waals surface area (Å²) >= 11 is 0. The van der Waals surface area contributed by atoms with Crippen LogP contribution in [0.2, 0.25) is 0 Å². The van der Waals surface area contributed by atoms with Crippen LogP contribution in [0, 0.1) is 5.41 Å². The number of hydrogen-bond donors (Lipinski definition) is 1. The third-order valence-corrected chi connectivity index (χ3v) is 5.29. The number of nitrogens with zero attached hydrogens (tertiary/aromatic N) is 1. The van der Waals surface area contributed by atoms with Crippen molar-refractivity contribution in [3.05, 3.63) is 59.4 Å². The second-order valence-corrected chi connectivity index (χ2v) is 8.46. The van der Waals surface area contributed by atoms with Gasteiger partial charge in [0.1, 0.15) is 5.75 Å². The number of ether oxygens (including phenoxy) is 3. The van der Waals surface area contributed by atoms with E-state index in [1.165, 1.54) is 4.90 Å². The van der Waals surface area contributed by atoms with Crippen LogP contribution in [0.3, 0.4) is 0 Å². The SMILES string of the molecule is CCOc1cc(C2C(C(=O)C(C)(C)C)=C(O)C(=O)N2c2ccc(OC)cc2)ccc1OC. The summed E-state index contributed by atoms with van der Waals surface area (Å²) in [6.07, 6.45) is 0. The van der Waals surface area contributed by atoms with Gasteiger partial charge in [-0.3, -0.25) is 14.5 Å². The molecule has 7 heteroatoms. The first-order valence-corrected chi connectivity index (χ1v) is 10.4. The number of methoxy groups -OCH3 is 2. The molecule has 0 aliphatic carbocycles. The van der Waals surface area contributed by atoms with Crippen LogP contribution in [0.25, 0.3) is 0 Å². The van der Waals surface area contributed by atoms with Crippen molar-refractivity contribution in [3.8, 4) is 17.2 Å². The molecule has 1 unspecified atom stereocenters. The van der Waals surface area contributed by atoms with Gasteiger partial charge < -0.3 is 19.3 Å². The number of rotatable bonds is 7. The van der Waals surface area contributed by atoms with E-state index in [1.54, 1.807) is 77.5 Å². The van der Waals surface area contributed by atoms with E-state index in [9.17, 15) is 14.7 Å². The van der Waals surface area contributed by atoms with Crippen molar-refractivity contribution >= 4 is 17.4 Å². The lowest BCUT2D eigenvalue weighted by Gasteiger charge is -2.29. The van der Waals surface area contributed by atoms with Crippen molar-refractivity contribution in [2.45, 2.75) is 33.7 Å². The monoisotopic (exact) mass is 439 g/mol. The van der Waals surface area contributed by atoms with Gasteiger partial charge in [0.25, 0.3) is 5.91 Å². The van der Waals surface area contributed by atoms with Crippen LogP contribution in [0.5, 0.6) is 17.2 Å². The molecule has 0 spiro atoms. The minimum absolute atomic E-state index is 0.0610. The third-order valence-electron chi connectivity index (χ3n) is 5.29. The first-order chi connectivity index (χ1) is 15.1. The maximum Gasteiger partial charge on any atom is 0.294 e. The molecule has 1 aliphatic heterocycles. The van der Waals surface area contributed by atoms with Crippen LogP contribution in [0.4, 0.5) is 5.69 Å². The average Bonchev–Trinajstić information content (AvgIpc) is 3.03. The highest BCUT2D eigenvalue weighted by Crippen LogP contribution is 2.45. The number of amides is 1. The molecule has 1 amide bonds. The van der Waals surface area contributed by atoms with E-state index < -0.39 is 23.1 Å². The Labute approximate surface area is 188 Å². The number of ketones is 1. The second kappa shape index (κ2) is 8.94. The summed E-state index contributed by atoms with van der Waals surface area (Å²) in [6, 6.07) is 11.3. The molecular formula is C25H29NO6. The van der Waals surface area contributed by atoms with Crippen molar-refractivity contribution in [2.24, 2.45) is 5.41 Å². The van der Waals surface area contributed by atoms with Gasteiger partial charge in [0.15, 0.2) is 23.0 Å². The van der Waals surface area contributed by atoms with Crippen molar-refractivity contribution < 1.29 is 28.9 Å². The van der Waals surface area contributed by atoms with Crippen molar-refractivity contribution in [1.82, 2.24) is 0 Å². The first kappa shape index (κ1) is 23.2. The molecule has 1 aliphatic rings. The highest BCUT2D eigenvalue weighted by Gasteiger charge is 2.46. The zero-order chi connectivity index (χ0) is 23.6. The lowest BCUT2D eigenvalue weighted by molar-refractivity contribution is -0.123. The van der Waals surface area contributed by atoms with Crippen LogP contribution in [-0.2, 0) is 9.59 Å². The van der Waals surface area contributed by atoms with Crippen molar-refractivity contribution in [2.75, 3.05) is 25.7 Å². The largest absolute Gasteiger partial charge is 0.503 e. The highest BCUT2D eigenvalue weighted by atomic mass is 16.5. The number of anilines is 1. The number of aliphatic hydroxyl groups excluding tert-OH is 1. The number of benzene rings is 2. The number of carbonyl (C=O) groups is 2. The van der Waals surface area contributed by atoms with E-state index in [1.807, 2.05) is 6.92 Å². The fourth-order valence-corrected chi connectivity index (χ4v) is 3.70. The molecule has 0 aromatic heterocycles. The van der Waals surface area contributed by atoms with Crippen molar-refractivity contribution in [1.29, 1.82) is 0 Å². The summed E-state index contributed by atoms with van der Waals surface area (Å²) < 4.78 is 16.3. The molecule has 1 atom stereocenters. The number of aliphatic hydroxyl groups is 1. The zero-order valence-corrected chi connectivity index (χ0v) is 19.3. The Morgan fingerprint density at radius 2 is 1.69 bits per heavy atom. The molecule has 2 aromatic rings. The number of carbonyl (C=O) groups excluding carboxylic acids is 2. The van der Waals surface area contributed by atoms with Crippen LogP contribution in [0.1, 0.15) is 39.3 Å². The van der Waals surface area contributed by atoms with Gasteiger partial charge in [-0.2, -0.15) is 0 Å². The van der Waals surface area contributed by atoms with Crippen LogP contribution >= 0.6 is 0 Å². The predicted molar refractivity (Wildman–Crippen MR) is 122 cm³/mol. The summed E-state index contributed by atoms with van der Waals surface area (Å²) in [5, 5.41) is 10.8. The lowest BCUT2D eigenvalue weighted by atomic mass is 9.82. The molecule has 0 fully saturated rings. The van der Waals surface area contributed by atoms with E-state index in [4.69, 9.17) is 14.2 Å². The fraction of sp³-hybridized carbons (Fsp3) is 0.360. The van der Waals surface area contributed by atoms with Gasteiger partial charge in [0.2, 0.25) is 0 Å². The standard InChI is InChI=1S/C25H29NO6/c1-7-32-19-14-15(8-13-18(19)31-6)21-20(23(28)25(2,3)4)22(27)24(29)26(21)16-9-11-17(30-5)12-10-16/h8-14,21,27H,7H2,1-6H3. The van der Waals surface area contributed by atoms with Gasteiger partial charge in [-0.05, 0) is 48.9 Å². The van der Waals surface area contributed by atoms with Crippen LogP contribution < -0.4 is 19.1 Å². The highest BCUT2D eigenvalue weighted by molar-refractivity contribution is 6.17. The third kappa shape index (κ3) is 4.15. The second-order valence-electron chi connectivity index (χ2n) is 8.46. The molecule has 170 valence electrons. The normalized spacial score (nSPS) is 16.4. The Balaban J connectivity index is 2.21. The molecule has 32 heavy (non-hydrogen) atoms. The predicted octanol–water partition coefficient (Wildman–Crippen LogP) is 4.62. The maximum atomic E-state index is 13.3. The summed E-state index contributed by atoms with van der Waals surface area (Å²) in [6.45, 7) is 7.54. The Bertz CT molecular complexity index is 1050. The lowest BCUT2D eigenvalue weighted by Crippen LogP contribution is -2.32. The summed E-state index contributed by atoms with van der Waals surface area (Å²) in [5.74, 6) is 0.166. The summed E-state index contributed by atoms with van der Waals surface area (Å²) in [7, 11) is 3.10. The van der Waals surface area contributed by atoms with E-state index in [0.717, 1.165) is 0 Å². The van der Waals surface area contributed by atoms with E-state index in [-0.39, 0.29) is 11.4 Å². The summed E-state index contributed by atoms with van der Waals surface area (Å²) in [5.41, 5.74) is 0.409. The maximum absolute atomic E-state index is 13.3. The molecule has 3 rings (SSSR count). The Morgan fingerprint density at radius 1 is 1.03 bits per heavy atom. The minimum atomic E-state index is -0.826. The van der Waals surface area contributed by atoms with Crippen molar-refractivity contribution in [3.63, 3.8) is 0 Å². The molecule has 1 N–H and O–H groups in total. The Hall–Kier alpha value is -3.48. The molecule has 1 heterocycles. The van der Waals surface area contributed by atoms with E-state index >= 15 is 0 Å². The molecule has 2 aromatic carbocycles. The smallest absolute Gasteiger partial charge is 0.294 e. The molecule has 0 bridgehead atoms. The van der Waals surface area contributed by atoms with E-state index in [0.29, 0.717) is 35.1 Å². The summed E-state index contributed by atoms with van der Waals surface area (Å²) in [4.78, 5) is 28.0. The topological polar surface area (TPSA) is 85.3 Å². The number of Topliss-reactive ketones (excluding diaryl/α,β-unsaturated/α-hetero) is 1. The Morgan fingerprint density at radius 3 is 2.22 bits per heavy atom. The average molecular weight is 440 g/mol. The number of hydrogen-bond acceptors (Lipinski definition) is 6. The molecule has 0 saturated carbocycles. The molecular weight excluding hydrogens is 410 g/mol. The quantitative estimate of drug-likeness (QED) is 0.678. The van der Waals surface area contributed by atoms with Gasteiger partial charge in [0, 0.05) is 11.1 Å². The van der Waals surface area contributed by atoms with Gasteiger partial charge in [0.05, 0.1) is 32.4 Å². The minimum Gasteiger partial charge on any atom is -0.503 e. The van der Waals surface area contributed by atoms with E-state index in [2.05, 4.69) is 0 Å². The molecule has 0 saturated heterocycles. The zero-order valence-electron chi connectivity index (χ0n) is 19.3.